The Balaban J connectivity index is 0.000000555. The highest BCUT2D eigenvalue weighted by Crippen LogP contribution is 2.07. The number of carbonyl (C=O) groups is 2. The van der Waals surface area contributed by atoms with E-state index < -0.39 is 10.4 Å². The van der Waals surface area contributed by atoms with Gasteiger partial charge in [-0.25, -0.2) is 9.59 Å². The Morgan fingerprint density at radius 3 is 1.34 bits per heavy atom. The zero-order chi connectivity index (χ0) is 27.3. The van der Waals surface area contributed by atoms with Crippen molar-refractivity contribution in [3.8, 4) is 0 Å². The van der Waals surface area contributed by atoms with Gasteiger partial charge in [0.2, 0.25) is 0 Å². The molecule has 2 aliphatic rings. The van der Waals surface area contributed by atoms with Gasteiger partial charge in [-0.05, 0) is 27.7 Å². The van der Waals surface area contributed by atoms with Gasteiger partial charge in [-0.15, -0.1) is 0 Å². The molecule has 0 radical (unpaired) electrons. The molecule has 0 aromatic rings. The molecule has 0 atom stereocenters. The van der Waals surface area contributed by atoms with Crippen molar-refractivity contribution in [2.45, 2.75) is 39.8 Å². The van der Waals surface area contributed by atoms with Crippen LogP contribution in [0.1, 0.15) is 27.7 Å². The number of carbonyl (C=O) groups excluding carboxylic acids is 2. The molecule has 14 nitrogen and oxygen atoms in total. The molecule has 2 rings (SSSR count). The summed E-state index contributed by atoms with van der Waals surface area (Å²) in [7, 11) is 1.84. The van der Waals surface area contributed by atoms with Crippen molar-refractivity contribution in [1.29, 1.82) is 0 Å². The van der Waals surface area contributed by atoms with Crippen LogP contribution in [0.3, 0.4) is 0 Å². The SMILES string of the molecule is COC(=O)C1=CNC(=NC(C)C)N(C)C1.COC(=O)C1=CNC(=NC(C)C)N(C)C1.O=S(=O)(O)O. The van der Waals surface area contributed by atoms with Crippen LogP contribution in [-0.2, 0) is 29.5 Å². The Morgan fingerprint density at radius 1 is 0.857 bits per heavy atom. The van der Waals surface area contributed by atoms with Crippen molar-refractivity contribution >= 4 is 34.3 Å². The molecule has 15 heteroatoms. The van der Waals surface area contributed by atoms with E-state index in [4.69, 9.17) is 17.5 Å². The van der Waals surface area contributed by atoms with E-state index in [9.17, 15) is 9.59 Å². The topological polar surface area (TPSA) is 182 Å². The minimum Gasteiger partial charge on any atom is -0.466 e. The van der Waals surface area contributed by atoms with Crippen molar-refractivity contribution in [3.05, 3.63) is 23.5 Å². The smallest absolute Gasteiger partial charge is 0.394 e. The van der Waals surface area contributed by atoms with Gasteiger partial charge in [-0.3, -0.25) is 19.1 Å². The Morgan fingerprint density at radius 2 is 1.14 bits per heavy atom. The third kappa shape index (κ3) is 14.0. The first-order valence-corrected chi connectivity index (χ1v) is 11.8. The lowest BCUT2D eigenvalue weighted by molar-refractivity contribution is -0.137. The summed E-state index contributed by atoms with van der Waals surface area (Å²) in [5, 5.41) is 5.96. The van der Waals surface area contributed by atoms with Crippen LogP contribution in [0.5, 0.6) is 0 Å². The van der Waals surface area contributed by atoms with Crippen LogP contribution in [0.15, 0.2) is 33.5 Å². The Labute approximate surface area is 206 Å². The molecule has 0 aliphatic carbocycles. The van der Waals surface area contributed by atoms with Crippen LogP contribution in [0.2, 0.25) is 0 Å². The highest BCUT2D eigenvalue weighted by Gasteiger charge is 2.20. The highest BCUT2D eigenvalue weighted by molar-refractivity contribution is 7.79. The van der Waals surface area contributed by atoms with Crippen LogP contribution < -0.4 is 10.6 Å². The van der Waals surface area contributed by atoms with Crippen LogP contribution in [0.4, 0.5) is 0 Å². The van der Waals surface area contributed by atoms with Crippen LogP contribution in [0, 0.1) is 0 Å². The van der Waals surface area contributed by atoms with Crippen molar-refractivity contribution in [2.24, 2.45) is 9.98 Å². The molecular weight excluding hydrogens is 484 g/mol. The van der Waals surface area contributed by atoms with Crippen LogP contribution in [0.25, 0.3) is 0 Å². The second-order valence-electron chi connectivity index (χ2n) is 7.86. The number of hydrogen-bond acceptors (Lipinski definition) is 8. The molecule has 0 aromatic heterocycles. The zero-order valence-corrected chi connectivity index (χ0v) is 22.1. The van der Waals surface area contributed by atoms with Crippen molar-refractivity contribution in [3.63, 3.8) is 0 Å². The molecule has 0 spiro atoms. The summed E-state index contributed by atoms with van der Waals surface area (Å²) in [5.74, 6) is 0.936. The van der Waals surface area contributed by atoms with E-state index >= 15 is 0 Å². The molecule has 0 bridgehead atoms. The summed E-state index contributed by atoms with van der Waals surface area (Å²) in [6.07, 6.45) is 3.29. The number of nitrogens with one attached hydrogen (secondary N) is 2. The van der Waals surface area contributed by atoms with Crippen molar-refractivity contribution in [2.75, 3.05) is 41.4 Å². The molecule has 35 heavy (non-hydrogen) atoms. The molecule has 2 heterocycles. The highest BCUT2D eigenvalue weighted by atomic mass is 32.3. The average molecular weight is 521 g/mol. The second-order valence-corrected chi connectivity index (χ2v) is 8.76. The Bertz CT molecular complexity index is 887. The number of aliphatic imine (C=N–C) groups is 2. The number of rotatable bonds is 4. The lowest BCUT2D eigenvalue weighted by atomic mass is 10.2. The van der Waals surface area contributed by atoms with E-state index in [0.29, 0.717) is 24.2 Å². The van der Waals surface area contributed by atoms with Gasteiger partial charge in [0.15, 0.2) is 11.9 Å². The molecule has 4 N–H and O–H groups in total. The zero-order valence-electron chi connectivity index (χ0n) is 21.3. The fourth-order valence-corrected chi connectivity index (χ4v) is 2.55. The van der Waals surface area contributed by atoms with Gasteiger partial charge in [-0.2, -0.15) is 8.42 Å². The first-order chi connectivity index (χ1) is 16.1. The number of hydrogen-bond donors (Lipinski definition) is 4. The number of esters is 2. The second kappa shape index (κ2) is 15.0. The molecule has 0 amide bonds. The van der Waals surface area contributed by atoms with E-state index in [0.717, 1.165) is 11.9 Å². The third-order valence-electron chi connectivity index (χ3n) is 3.95. The monoisotopic (exact) mass is 520 g/mol. The number of likely N-dealkylation sites (N-methyl/N-ethyl adjacent to an activating group) is 2. The minimum absolute atomic E-state index is 0.225. The summed E-state index contributed by atoms with van der Waals surface area (Å²) < 4.78 is 40.9. The standard InChI is InChI=1S/2C10H17N3O2.H2O4S/c2*1-7(2)12-10-11-5-8(6-13(10)3)9(14)15-4;1-5(2,3)4/h2*5,7H,6H2,1-4H3,(H,11,12);(H2,1,2,3,4). The first kappa shape index (κ1) is 31.8. The van der Waals surface area contributed by atoms with Gasteiger partial charge in [0.05, 0.1) is 38.5 Å². The third-order valence-corrected chi connectivity index (χ3v) is 3.95. The lowest BCUT2D eigenvalue weighted by Gasteiger charge is -2.26. The normalized spacial score (nSPS) is 17.8. The molecule has 0 unspecified atom stereocenters. The van der Waals surface area contributed by atoms with Gasteiger partial charge in [-0.1, -0.05) is 0 Å². The van der Waals surface area contributed by atoms with Crippen LogP contribution >= 0.6 is 0 Å². The van der Waals surface area contributed by atoms with E-state index in [2.05, 4.69) is 30.1 Å². The van der Waals surface area contributed by atoms with Crippen molar-refractivity contribution < 1.29 is 36.6 Å². The maximum absolute atomic E-state index is 11.2. The molecule has 0 aromatic carbocycles. The number of methoxy groups -OCH3 is 2. The molecule has 200 valence electrons. The summed E-state index contributed by atoms with van der Waals surface area (Å²) in [6, 6.07) is 0.450. The number of guanidine groups is 2. The van der Waals surface area contributed by atoms with Gasteiger partial charge >= 0.3 is 22.3 Å². The summed E-state index contributed by atoms with van der Waals surface area (Å²) >= 11 is 0. The number of nitrogens with zero attached hydrogens (tertiary/aromatic N) is 4. The van der Waals surface area contributed by atoms with E-state index in [-0.39, 0.29) is 24.0 Å². The van der Waals surface area contributed by atoms with Gasteiger partial charge in [0.1, 0.15) is 0 Å². The van der Waals surface area contributed by atoms with Crippen LogP contribution in [-0.4, -0.2) is 105 Å². The van der Waals surface area contributed by atoms with E-state index in [1.165, 1.54) is 14.2 Å². The summed E-state index contributed by atoms with van der Waals surface area (Å²) in [5.41, 5.74) is 1.20. The molecular formula is C20H36N6O8S. The maximum atomic E-state index is 11.2. The predicted octanol–water partition coefficient (Wildman–Crippen LogP) is 0.0326. The lowest BCUT2D eigenvalue weighted by Crippen LogP contribution is -2.43. The van der Waals surface area contributed by atoms with E-state index in [1.54, 1.807) is 12.4 Å². The van der Waals surface area contributed by atoms with Gasteiger partial charge in [0.25, 0.3) is 0 Å². The fraction of sp³-hybridized carbons (Fsp3) is 0.600. The fourth-order valence-electron chi connectivity index (χ4n) is 2.55. The summed E-state index contributed by atoms with van der Waals surface area (Å²) in [6.45, 7) is 9.05. The number of ether oxygens (including phenoxy) is 2. The first-order valence-electron chi connectivity index (χ1n) is 10.4. The molecule has 2 aliphatic heterocycles. The molecule has 0 fully saturated rings. The quantitative estimate of drug-likeness (QED) is 0.289. The molecule has 0 saturated carbocycles. The maximum Gasteiger partial charge on any atom is 0.394 e. The van der Waals surface area contributed by atoms with E-state index in [1.807, 2.05) is 51.6 Å². The molecule has 0 saturated heterocycles. The largest absolute Gasteiger partial charge is 0.466 e. The van der Waals surface area contributed by atoms with Gasteiger partial charge < -0.3 is 29.9 Å². The van der Waals surface area contributed by atoms with Crippen molar-refractivity contribution in [1.82, 2.24) is 20.4 Å². The minimum atomic E-state index is -4.67. The average Bonchev–Trinajstić information content (AvgIpc) is 2.74. The Hall–Kier alpha value is -3.17. The predicted molar refractivity (Wildman–Crippen MR) is 131 cm³/mol. The Kier molecular flexibility index (Phi) is 13.6. The van der Waals surface area contributed by atoms with Gasteiger partial charge in [0, 0.05) is 38.6 Å². The summed E-state index contributed by atoms with van der Waals surface area (Å²) in [4.78, 5) is 35.0.